The van der Waals surface area contributed by atoms with Crippen molar-refractivity contribution in [1.82, 2.24) is 0 Å². The Hall–Kier alpha value is -2.39. The molecule has 0 unspecified atom stereocenters. The molecule has 0 spiro atoms. The summed E-state index contributed by atoms with van der Waals surface area (Å²) in [6.45, 7) is 0.460. The number of anilines is 2. The van der Waals surface area contributed by atoms with Crippen molar-refractivity contribution < 1.29 is 14.5 Å². The van der Waals surface area contributed by atoms with Crippen LogP contribution in [0.25, 0.3) is 0 Å². The first-order valence-corrected chi connectivity index (χ1v) is 5.39. The molecule has 9 nitrogen and oxygen atoms in total. The Morgan fingerprint density at radius 3 is 2.63 bits per heavy atom. The number of rotatable bonds is 8. The number of ether oxygens (including phenoxy) is 1. The van der Waals surface area contributed by atoms with Crippen molar-refractivity contribution >= 4 is 23.0 Å². The number of nitro groups is 1. The van der Waals surface area contributed by atoms with E-state index in [1.807, 2.05) is 0 Å². The van der Waals surface area contributed by atoms with Crippen LogP contribution >= 0.6 is 0 Å². The average Bonchev–Trinajstić information content (AvgIpc) is 2.37. The van der Waals surface area contributed by atoms with Crippen molar-refractivity contribution in [3.8, 4) is 0 Å². The highest BCUT2D eigenvalue weighted by molar-refractivity contribution is 5.75. The quantitative estimate of drug-likeness (QED) is 0.221. The molecule has 1 rings (SSSR count). The molecule has 1 amide bonds. The minimum Gasteiger partial charge on any atom is -0.382 e. The van der Waals surface area contributed by atoms with Gasteiger partial charge in [-0.25, -0.2) is 0 Å². The molecule has 0 atom stereocenters. The maximum absolute atomic E-state index is 10.7. The van der Waals surface area contributed by atoms with Crippen LogP contribution in [0, 0.1) is 10.1 Å². The first-order chi connectivity index (χ1) is 9.02. The van der Waals surface area contributed by atoms with Crippen LogP contribution in [0.4, 0.5) is 17.1 Å². The van der Waals surface area contributed by atoms with Crippen LogP contribution in [0.2, 0.25) is 0 Å². The Morgan fingerprint density at radius 2 is 2.05 bits per heavy atom. The Labute approximate surface area is 109 Å². The number of non-ortho nitro benzene ring substituents is 1. The molecule has 104 valence electrons. The van der Waals surface area contributed by atoms with E-state index in [0.717, 1.165) is 0 Å². The zero-order valence-corrected chi connectivity index (χ0v) is 10.1. The summed E-state index contributed by atoms with van der Waals surface area (Å²) in [4.78, 5) is 20.6. The highest BCUT2D eigenvalue weighted by Gasteiger charge is 2.09. The molecule has 0 heterocycles. The number of nitrogens with two attached hydrogens (primary N) is 2. The molecule has 19 heavy (non-hydrogen) atoms. The summed E-state index contributed by atoms with van der Waals surface area (Å²) in [6, 6.07) is 4.30. The maximum atomic E-state index is 10.7. The molecule has 1 aromatic carbocycles. The Balaban J connectivity index is 2.55. The number of hydrazine groups is 1. The van der Waals surface area contributed by atoms with E-state index in [1.165, 1.54) is 12.1 Å². The molecule has 0 aliphatic heterocycles. The van der Waals surface area contributed by atoms with Gasteiger partial charge in [-0.05, 0) is 6.07 Å². The summed E-state index contributed by atoms with van der Waals surface area (Å²) in [5.74, 6) is 4.67. The number of nitrogen functional groups attached to an aromatic ring is 1. The predicted octanol–water partition coefficient (Wildman–Crippen LogP) is -0.206. The van der Waals surface area contributed by atoms with Gasteiger partial charge in [0.15, 0.2) is 0 Å². The lowest BCUT2D eigenvalue weighted by atomic mass is 10.2. The Kier molecular flexibility index (Phi) is 5.51. The maximum Gasteiger partial charge on any atom is 0.273 e. The summed E-state index contributed by atoms with van der Waals surface area (Å²) in [5.41, 5.74) is 8.08. The first kappa shape index (κ1) is 14.7. The van der Waals surface area contributed by atoms with Gasteiger partial charge in [-0.15, -0.1) is 0 Å². The van der Waals surface area contributed by atoms with E-state index in [4.69, 9.17) is 16.3 Å². The van der Waals surface area contributed by atoms with E-state index in [2.05, 4.69) is 10.7 Å². The van der Waals surface area contributed by atoms with Crippen LogP contribution in [0.15, 0.2) is 18.2 Å². The van der Waals surface area contributed by atoms with Crippen molar-refractivity contribution in [3.05, 3.63) is 28.3 Å². The number of hydrogen-bond donors (Lipinski definition) is 4. The van der Waals surface area contributed by atoms with Crippen molar-refractivity contribution in [2.45, 2.75) is 0 Å². The van der Waals surface area contributed by atoms with Gasteiger partial charge in [-0.2, -0.15) is 0 Å². The largest absolute Gasteiger partial charge is 0.382 e. The van der Waals surface area contributed by atoms with Crippen molar-refractivity contribution in [1.29, 1.82) is 0 Å². The van der Waals surface area contributed by atoms with Gasteiger partial charge < -0.3 is 21.2 Å². The zero-order valence-electron chi connectivity index (χ0n) is 10.1. The number of carbonyl (C=O) groups is 1. The SMILES string of the molecule is NNc1cc(NCCOCC(N)=O)cc([N+](=O)[O-])c1. The molecule has 1 aromatic rings. The number of amides is 1. The number of hydrogen-bond acceptors (Lipinski definition) is 7. The molecule has 0 saturated heterocycles. The van der Waals surface area contributed by atoms with Gasteiger partial charge in [0, 0.05) is 24.4 Å². The summed E-state index contributed by atoms with van der Waals surface area (Å²) in [6.07, 6.45) is 0. The molecule has 0 saturated carbocycles. The molecular formula is C10H15N5O4. The average molecular weight is 269 g/mol. The van der Waals surface area contributed by atoms with Gasteiger partial charge in [-0.1, -0.05) is 0 Å². The lowest BCUT2D eigenvalue weighted by molar-refractivity contribution is -0.384. The number of nitro benzene ring substituents is 1. The van der Waals surface area contributed by atoms with Crippen LogP contribution < -0.4 is 22.3 Å². The third-order valence-electron chi connectivity index (χ3n) is 2.12. The van der Waals surface area contributed by atoms with Gasteiger partial charge in [0.2, 0.25) is 5.91 Å². The normalized spacial score (nSPS) is 9.95. The van der Waals surface area contributed by atoms with Gasteiger partial charge >= 0.3 is 0 Å². The highest BCUT2D eigenvalue weighted by atomic mass is 16.6. The molecule has 0 aliphatic rings. The highest BCUT2D eigenvalue weighted by Crippen LogP contribution is 2.23. The van der Waals surface area contributed by atoms with Crippen LogP contribution in [0.1, 0.15) is 0 Å². The smallest absolute Gasteiger partial charge is 0.273 e. The Morgan fingerprint density at radius 1 is 1.37 bits per heavy atom. The molecule has 0 radical (unpaired) electrons. The molecular weight excluding hydrogens is 254 g/mol. The lowest BCUT2D eigenvalue weighted by Crippen LogP contribution is -2.20. The van der Waals surface area contributed by atoms with Gasteiger partial charge in [0.25, 0.3) is 5.69 Å². The molecule has 6 N–H and O–H groups in total. The minimum absolute atomic E-state index is 0.0870. The number of primary amides is 1. The number of benzene rings is 1. The fourth-order valence-corrected chi connectivity index (χ4v) is 1.34. The minimum atomic E-state index is -0.551. The second-order valence-corrected chi connectivity index (χ2v) is 3.62. The first-order valence-electron chi connectivity index (χ1n) is 5.39. The zero-order chi connectivity index (χ0) is 14.3. The molecule has 0 aliphatic carbocycles. The number of nitrogens with zero attached hydrogens (tertiary/aromatic N) is 1. The van der Waals surface area contributed by atoms with E-state index in [0.29, 0.717) is 17.9 Å². The fourth-order valence-electron chi connectivity index (χ4n) is 1.34. The Bertz CT molecular complexity index is 465. The number of carbonyl (C=O) groups excluding carboxylic acids is 1. The summed E-state index contributed by atoms with van der Waals surface area (Å²) in [7, 11) is 0. The van der Waals surface area contributed by atoms with E-state index < -0.39 is 10.8 Å². The van der Waals surface area contributed by atoms with Gasteiger partial charge in [0.05, 0.1) is 17.2 Å². The molecule has 0 bridgehead atoms. The lowest BCUT2D eigenvalue weighted by Gasteiger charge is -2.08. The topological polar surface area (TPSA) is 146 Å². The van der Waals surface area contributed by atoms with E-state index >= 15 is 0 Å². The molecule has 9 heteroatoms. The molecule has 0 fully saturated rings. The van der Waals surface area contributed by atoms with E-state index in [-0.39, 0.29) is 18.9 Å². The number of nitrogens with one attached hydrogen (secondary N) is 2. The van der Waals surface area contributed by atoms with Crippen LogP contribution in [0.5, 0.6) is 0 Å². The third kappa shape index (κ3) is 5.19. The predicted molar refractivity (Wildman–Crippen MR) is 69.4 cm³/mol. The van der Waals surface area contributed by atoms with Crippen molar-refractivity contribution in [2.75, 3.05) is 30.5 Å². The molecule has 0 aromatic heterocycles. The van der Waals surface area contributed by atoms with Crippen LogP contribution in [0.3, 0.4) is 0 Å². The monoisotopic (exact) mass is 269 g/mol. The standard InChI is InChI=1S/C10H15N5O4/c11-10(16)6-19-2-1-13-7-3-8(14-12)5-9(4-7)15(17)18/h3-5,13-14H,1-2,6,12H2,(H2,11,16). The summed E-state index contributed by atoms with van der Waals surface area (Å²) >= 11 is 0. The second-order valence-electron chi connectivity index (χ2n) is 3.62. The van der Waals surface area contributed by atoms with Gasteiger partial charge in [-0.3, -0.25) is 20.8 Å². The summed E-state index contributed by atoms with van der Waals surface area (Å²) < 4.78 is 4.94. The van der Waals surface area contributed by atoms with Crippen molar-refractivity contribution in [2.24, 2.45) is 11.6 Å². The van der Waals surface area contributed by atoms with Crippen LogP contribution in [-0.4, -0.2) is 30.6 Å². The van der Waals surface area contributed by atoms with E-state index in [9.17, 15) is 14.9 Å². The third-order valence-corrected chi connectivity index (χ3v) is 2.12. The van der Waals surface area contributed by atoms with Gasteiger partial charge in [0.1, 0.15) is 6.61 Å². The fraction of sp³-hybridized carbons (Fsp3) is 0.300. The second kappa shape index (κ2) is 7.13. The van der Waals surface area contributed by atoms with E-state index in [1.54, 1.807) is 6.07 Å². The van der Waals surface area contributed by atoms with Crippen LogP contribution in [-0.2, 0) is 9.53 Å². The summed E-state index contributed by atoms with van der Waals surface area (Å²) in [5, 5.41) is 13.6. The van der Waals surface area contributed by atoms with Crippen molar-refractivity contribution in [3.63, 3.8) is 0 Å².